The van der Waals surface area contributed by atoms with Crippen molar-refractivity contribution in [1.82, 2.24) is 0 Å². The highest BCUT2D eigenvalue weighted by Gasteiger charge is 2.38. The molecule has 0 radical (unpaired) electrons. The van der Waals surface area contributed by atoms with Crippen LogP contribution < -0.4 is 0 Å². The van der Waals surface area contributed by atoms with E-state index in [0.717, 1.165) is 52.6 Å². The SMILES string of the molecule is CCCCCCCCCCCCCCCC(c1cc(C(C)(C)C)c(O)c(C(C)(C)C)c1)C(C(=O)OCC(O)CO)c1cc(C(C)(C)C)c(O)c(C(C)(C)C)c1. The van der Waals surface area contributed by atoms with Crippen LogP contribution in [0, 0.1) is 0 Å². The molecule has 0 aliphatic rings. The number of hydrogen-bond donors (Lipinski definition) is 4. The lowest BCUT2D eigenvalue weighted by molar-refractivity contribution is -0.149. The van der Waals surface area contributed by atoms with Crippen molar-refractivity contribution in [2.45, 2.75) is 219 Å². The third kappa shape index (κ3) is 15.0. The van der Waals surface area contributed by atoms with Crippen LogP contribution in [0.4, 0.5) is 0 Å². The number of aliphatic hydroxyl groups is 2. The van der Waals surface area contributed by atoms with Crippen LogP contribution in [-0.2, 0) is 31.2 Å². The summed E-state index contributed by atoms with van der Waals surface area (Å²) in [5.74, 6) is -1.02. The summed E-state index contributed by atoms with van der Waals surface area (Å²) in [7, 11) is 0. The Kier molecular flexibility index (Phi) is 18.8. The molecule has 0 heterocycles. The minimum atomic E-state index is -1.19. The van der Waals surface area contributed by atoms with E-state index in [2.05, 4.69) is 102 Å². The molecule has 2 aromatic carbocycles. The summed E-state index contributed by atoms with van der Waals surface area (Å²) >= 11 is 0. The second-order valence-electron chi connectivity index (χ2n) is 20.5. The summed E-state index contributed by atoms with van der Waals surface area (Å²) in [6.07, 6.45) is 15.7. The van der Waals surface area contributed by atoms with Crippen molar-refractivity contribution < 1.29 is 30.0 Å². The van der Waals surface area contributed by atoms with E-state index in [1.807, 2.05) is 12.1 Å². The molecule has 0 aromatic heterocycles. The quantitative estimate of drug-likeness (QED) is 0.0744. The van der Waals surface area contributed by atoms with Gasteiger partial charge < -0.3 is 25.2 Å². The zero-order valence-corrected chi connectivity index (χ0v) is 37.5. The maximum absolute atomic E-state index is 14.6. The third-order valence-corrected chi connectivity index (χ3v) is 11.2. The first kappa shape index (κ1) is 48.6. The van der Waals surface area contributed by atoms with Gasteiger partial charge in [0, 0.05) is 5.92 Å². The molecular weight excluding hydrogens is 685 g/mol. The number of unbranched alkanes of at least 4 members (excludes halogenated alkanes) is 12. The van der Waals surface area contributed by atoms with Crippen LogP contribution in [0.1, 0.15) is 225 Å². The number of phenolic OH excluding ortho intramolecular Hbond substituents is 2. The smallest absolute Gasteiger partial charge is 0.314 e. The number of aromatic hydroxyl groups is 2. The highest BCUT2D eigenvalue weighted by molar-refractivity contribution is 5.80. The monoisotopic (exact) mass is 767 g/mol. The predicted octanol–water partition coefficient (Wildman–Crippen LogP) is 12.5. The van der Waals surface area contributed by atoms with Gasteiger partial charge in [-0.05, 0) is 61.5 Å². The van der Waals surface area contributed by atoms with Crippen LogP contribution in [0.3, 0.4) is 0 Å². The molecule has 3 atom stereocenters. The van der Waals surface area contributed by atoms with Gasteiger partial charge in [0.1, 0.15) is 24.2 Å². The molecule has 0 aliphatic carbocycles. The van der Waals surface area contributed by atoms with Gasteiger partial charge in [-0.15, -0.1) is 0 Å². The molecule has 0 bridgehead atoms. The van der Waals surface area contributed by atoms with E-state index in [1.165, 1.54) is 64.2 Å². The summed E-state index contributed by atoms with van der Waals surface area (Å²) in [5.41, 5.74) is 3.38. The van der Waals surface area contributed by atoms with Crippen molar-refractivity contribution in [2.75, 3.05) is 13.2 Å². The minimum Gasteiger partial charge on any atom is -0.507 e. The van der Waals surface area contributed by atoms with Crippen LogP contribution in [0.5, 0.6) is 11.5 Å². The molecule has 0 saturated carbocycles. The molecule has 0 fully saturated rings. The fourth-order valence-corrected chi connectivity index (χ4v) is 7.76. The number of carbonyl (C=O) groups is 1. The van der Waals surface area contributed by atoms with Gasteiger partial charge in [-0.3, -0.25) is 4.79 Å². The highest BCUT2D eigenvalue weighted by Crippen LogP contribution is 2.48. The number of hydrogen-bond acceptors (Lipinski definition) is 6. The number of rotatable bonds is 21. The average molecular weight is 767 g/mol. The van der Waals surface area contributed by atoms with Crippen LogP contribution in [0.15, 0.2) is 24.3 Å². The molecule has 2 aromatic rings. The van der Waals surface area contributed by atoms with Gasteiger partial charge in [-0.1, -0.05) is 198 Å². The first-order valence-corrected chi connectivity index (χ1v) is 21.7. The molecule has 4 N–H and O–H groups in total. The number of benzene rings is 2. The van der Waals surface area contributed by atoms with Crippen LogP contribution in [0.2, 0.25) is 0 Å². The molecule has 0 spiro atoms. The highest BCUT2D eigenvalue weighted by atomic mass is 16.5. The Bertz CT molecular complexity index is 1390. The minimum absolute atomic E-state index is 0.245. The normalized spacial score (nSPS) is 14.5. The Balaban J connectivity index is 2.69. The summed E-state index contributed by atoms with van der Waals surface area (Å²) < 4.78 is 5.87. The van der Waals surface area contributed by atoms with Crippen molar-refractivity contribution in [2.24, 2.45) is 0 Å². The van der Waals surface area contributed by atoms with E-state index in [1.54, 1.807) is 0 Å². The summed E-state index contributed by atoms with van der Waals surface area (Å²) in [4.78, 5) is 14.6. The standard InChI is InChI=1S/C49H82O6/c1-14-15-16-17-18-19-20-21-22-23-24-25-26-27-37(34-28-38(46(2,3)4)43(52)39(29-34)47(5,6)7)42(45(54)55-33-36(51)32-50)35-30-40(48(8,9)10)44(53)41(31-35)49(11,12)13/h28-31,36-37,42,50-53H,14-27,32-33H2,1-13H3. The molecule has 2 rings (SSSR count). The zero-order chi connectivity index (χ0) is 41.8. The number of esters is 1. The topological polar surface area (TPSA) is 107 Å². The maximum atomic E-state index is 14.6. The van der Waals surface area contributed by atoms with E-state index in [4.69, 9.17) is 4.74 Å². The first-order chi connectivity index (χ1) is 25.4. The maximum Gasteiger partial charge on any atom is 0.314 e. The molecule has 3 unspecified atom stereocenters. The van der Waals surface area contributed by atoms with Crippen LogP contribution in [0.25, 0.3) is 0 Å². The molecule has 6 nitrogen and oxygen atoms in total. The summed E-state index contributed by atoms with van der Waals surface area (Å²) in [5, 5.41) is 43.3. The van der Waals surface area contributed by atoms with Crippen molar-refractivity contribution >= 4 is 5.97 Å². The van der Waals surface area contributed by atoms with Crippen molar-refractivity contribution in [1.29, 1.82) is 0 Å². The van der Waals surface area contributed by atoms with E-state index >= 15 is 0 Å². The third-order valence-electron chi connectivity index (χ3n) is 11.2. The van der Waals surface area contributed by atoms with Gasteiger partial charge in [0.2, 0.25) is 0 Å². The number of carbonyl (C=O) groups excluding carboxylic acids is 1. The first-order valence-electron chi connectivity index (χ1n) is 21.7. The lowest BCUT2D eigenvalue weighted by Gasteiger charge is -2.34. The van der Waals surface area contributed by atoms with Gasteiger partial charge >= 0.3 is 5.97 Å². The summed E-state index contributed by atoms with van der Waals surface area (Å²) in [6, 6.07) is 8.14. The van der Waals surface area contributed by atoms with E-state index < -0.39 is 35.4 Å². The number of phenols is 2. The van der Waals surface area contributed by atoms with E-state index in [0.29, 0.717) is 12.2 Å². The predicted molar refractivity (Wildman–Crippen MR) is 231 cm³/mol. The fourth-order valence-electron chi connectivity index (χ4n) is 7.76. The second kappa shape index (κ2) is 21.3. The fraction of sp³-hybridized carbons (Fsp3) is 0.735. The molecule has 314 valence electrons. The van der Waals surface area contributed by atoms with E-state index in [-0.39, 0.29) is 29.1 Å². The van der Waals surface area contributed by atoms with E-state index in [9.17, 15) is 25.2 Å². The van der Waals surface area contributed by atoms with Crippen molar-refractivity contribution in [3.63, 3.8) is 0 Å². The lowest BCUT2D eigenvalue weighted by atomic mass is 9.71. The van der Waals surface area contributed by atoms with Crippen LogP contribution >= 0.6 is 0 Å². The zero-order valence-electron chi connectivity index (χ0n) is 37.5. The van der Waals surface area contributed by atoms with Gasteiger partial charge in [0.25, 0.3) is 0 Å². The second-order valence-corrected chi connectivity index (χ2v) is 20.5. The molecule has 0 saturated heterocycles. The number of ether oxygens (including phenoxy) is 1. The molecule has 6 heteroatoms. The van der Waals surface area contributed by atoms with Gasteiger partial charge in [-0.25, -0.2) is 0 Å². The summed E-state index contributed by atoms with van der Waals surface area (Å²) in [6.45, 7) is 26.5. The average Bonchev–Trinajstić information content (AvgIpc) is 3.07. The molecular formula is C49H82O6. The van der Waals surface area contributed by atoms with Crippen molar-refractivity contribution in [3.8, 4) is 11.5 Å². The Morgan fingerprint density at radius 2 is 0.891 bits per heavy atom. The largest absolute Gasteiger partial charge is 0.507 e. The van der Waals surface area contributed by atoms with Gasteiger partial charge in [0.05, 0.1) is 12.5 Å². The van der Waals surface area contributed by atoms with Gasteiger partial charge in [0.15, 0.2) is 0 Å². The molecule has 0 amide bonds. The Morgan fingerprint density at radius 3 is 1.22 bits per heavy atom. The Labute approximate surface area is 336 Å². The molecule has 0 aliphatic heterocycles. The van der Waals surface area contributed by atoms with Crippen molar-refractivity contribution in [3.05, 3.63) is 57.6 Å². The number of aliphatic hydroxyl groups excluding tert-OH is 2. The van der Waals surface area contributed by atoms with Gasteiger partial charge in [-0.2, -0.15) is 0 Å². The lowest BCUT2D eigenvalue weighted by Crippen LogP contribution is -2.29. The molecule has 55 heavy (non-hydrogen) atoms. The van der Waals surface area contributed by atoms with Crippen LogP contribution in [-0.4, -0.2) is 45.7 Å². The Hall–Kier alpha value is -2.57. The Morgan fingerprint density at radius 1 is 0.564 bits per heavy atom.